The lowest BCUT2D eigenvalue weighted by Gasteiger charge is -2.35. The molecular weight excluding hydrogens is 280 g/mol. The highest BCUT2D eigenvalue weighted by molar-refractivity contribution is 6.33. The third kappa shape index (κ3) is 2.33. The van der Waals surface area contributed by atoms with Gasteiger partial charge in [-0.05, 0) is 18.9 Å². The molecule has 0 unspecified atom stereocenters. The van der Waals surface area contributed by atoms with Gasteiger partial charge in [0, 0.05) is 5.56 Å². The molecule has 0 spiro atoms. The van der Waals surface area contributed by atoms with Crippen LogP contribution in [0.25, 0.3) is 0 Å². The molecule has 0 radical (unpaired) electrons. The largest absolute Gasteiger partial charge is 0.495 e. The summed E-state index contributed by atoms with van der Waals surface area (Å²) >= 11 is 6.26. The van der Waals surface area contributed by atoms with E-state index >= 15 is 0 Å². The van der Waals surface area contributed by atoms with E-state index in [-0.39, 0.29) is 0 Å². The van der Waals surface area contributed by atoms with Crippen molar-refractivity contribution in [2.24, 2.45) is 0 Å². The van der Waals surface area contributed by atoms with Gasteiger partial charge in [-0.1, -0.05) is 36.9 Å². The zero-order chi connectivity index (χ0) is 14.8. The number of hydrogen-bond donors (Lipinski definition) is 1. The van der Waals surface area contributed by atoms with Crippen molar-refractivity contribution in [3.63, 3.8) is 0 Å². The molecule has 1 aliphatic carbocycles. The number of carbonyl (C=O) groups is 1. The molecular formula is C15H19ClO4. The molecule has 0 atom stereocenters. The smallest absolute Gasteiger partial charge is 0.314 e. The Morgan fingerprint density at radius 3 is 2.35 bits per heavy atom. The quantitative estimate of drug-likeness (QED) is 0.922. The van der Waals surface area contributed by atoms with Crippen molar-refractivity contribution in [3.05, 3.63) is 22.7 Å². The van der Waals surface area contributed by atoms with Gasteiger partial charge in [-0.3, -0.25) is 4.79 Å². The molecule has 20 heavy (non-hydrogen) atoms. The Bertz CT molecular complexity index is 507. The van der Waals surface area contributed by atoms with Gasteiger partial charge < -0.3 is 14.6 Å². The average Bonchev–Trinajstić information content (AvgIpc) is 2.47. The normalized spacial score (nSPS) is 17.6. The second-order valence-corrected chi connectivity index (χ2v) is 5.49. The van der Waals surface area contributed by atoms with Crippen molar-refractivity contribution in [2.75, 3.05) is 14.2 Å². The Hall–Kier alpha value is -1.42. The fourth-order valence-corrected chi connectivity index (χ4v) is 3.34. The van der Waals surface area contributed by atoms with Gasteiger partial charge in [0.2, 0.25) is 0 Å². The third-order valence-electron chi connectivity index (χ3n) is 4.12. The predicted octanol–water partition coefficient (Wildman–Crippen LogP) is 3.64. The Balaban J connectivity index is 2.59. The van der Waals surface area contributed by atoms with Gasteiger partial charge in [0.1, 0.15) is 16.5 Å². The highest BCUT2D eigenvalue weighted by atomic mass is 35.5. The van der Waals surface area contributed by atoms with Gasteiger partial charge in [-0.15, -0.1) is 0 Å². The summed E-state index contributed by atoms with van der Waals surface area (Å²) in [7, 11) is 3.02. The van der Waals surface area contributed by atoms with E-state index in [1.165, 1.54) is 14.2 Å². The summed E-state index contributed by atoms with van der Waals surface area (Å²) < 4.78 is 10.5. The first kappa shape index (κ1) is 15.0. The molecule has 5 heteroatoms. The highest BCUT2D eigenvalue weighted by Gasteiger charge is 2.44. The molecule has 1 aromatic carbocycles. The summed E-state index contributed by atoms with van der Waals surface area (Å²) in [4.78, 5) is 11.9. The third-order valence-corrected chi connectivity index (χ3v) is 4.48. The van der Waals surface area contributed by atoms with Crippen molar-refractivity contribution in [3.8, 4) is 11.5 Å². The lowest BCUT2D eigenvalue weighted by molar-refractivity contribution is -0.145. The summed E-state index contributed by atoms with van der Waals surface area (Å²) in [6.45, 7) is 0. The Morgan fingerprint density at radius 1 is 1.20 bits per heavy atom. The zero-order valence-electron chi connectivity index (χ0n) is 11.7. The summed E-state index contributed by atoms with van der Waals surface area (Å²) in [5.74, 6) is 0.0932. The summed E-state index contributed by atoms with van der Waals surface area (Å²) in [6, 6.07) is 3.47. The number of methoxy groups -OCH3 is 2. The molecule has 110 valence electrons. The number of halogens is 1. The standard InChI is InChI=1S/C15H19ClO4/c1-19-11-7-6-10(13(20-2)12(11)16)15(14(17)18)8-4-3-5-9-15/h6-7H,3-5,8-9H2,1-2H3,(H,17,18). The number of carboxylic acids is 1. The minimum atomic E-state index is -0.903. The van der Waals surface area contributed by atoms with Crippen LogP contribution >= 0.6 is 11.6 Å². The second-order valence-electron chi connectivity index (χ2n) is 5.11. The van der Waals surface area contributed by atoms with Crippen LogP contribution < -0.4 is 9.47 Å². The van der Waals surface area contributed by atoms with Crippen molar-refractivity contribution < 1.29 is 19.4 Å². The predicted molar refractivity (Wildman–Crippen MR) is 77.0 cm³/mol. The number of carboxylic acid groups (broad SMARTS) is 1. The molecule has 0 amide bonds. The van der Waals surface area contributed by atoms with Crippen molar-refractivity contribution in [1.29, 1.82) is 0 Å². The maximum absolute atomic E-state index is 11.9. The number of aliphatic carboxylic acids is 1. The average molecular weight is 299 g/mol. The molecule has 4 nitrogen and oxygen atoms in total. The van der Waals surface area contributed by atoms with E-state index in [0.29, 0.717) is 34.9 Å². The molecule has 2 rings (SSSR count). The Morgan fingerprint density at radius 2 is 1.85 bits per heavy atom. The van der Waals surface area contributed by atoms with E-state index in [9.17, 15) is 9.90 Å². The van der Waals surface area contributed by atoms with Crippen LogP contribution in [-0.4, -0.2) is 25.3 Å². The molecule has 1 N–H and O–H groups in total. The first-order valence-electron chi connectivity index (χ1n) is 6.71. The van der Waals surface area contributed by atoms with Crippen LogP contribution in [0.15, 0.2) is 12.1 Å². The Kier molecular flexibility index (Phi) is 4.43. The molecule has 0 aromatic heterocycles. The SMILES string of the molecule is COc1ccc(C2(C(=O)O)CCCCC2)c(OC)c1Cl. The van der Waals surface area contributed by atoms with E-state index in [4.69, 9.17) is 21.1 Å². The number of benzene rings is 1. The molecule has 1 aliphatic rings. The fourth-order valence-electron chi connectivity index (χ4n) is 3.03. The van der Waals surface area contributed by atoms with Gasteiger partial charge >= 0.3 is 5.97 Å². The first-order valence-corrected chi connectivity index (χ1v) is 7.09. The summed E-state index contributed by atoms with van der Waals surface area (Å²) in [6.07, 6.45) is 4.10. The van der Waals surface area contributed by atoms with Crippen LogP contribution in [0.4, 0.5) is 0 Å². The topological polar surface area (TPSA) is 55.8 Å². The summed E-state index contributed by atoms with van der Waals surface area (Å²) in [5, 5.41) is 10.1. The number of hydrogen-bond acceptors (Lipinski definition) is 3. The van der Waals surface area contributed by atoms with Crippen molar-refractivity contribution >= 4 is 17.6 Å². The molecule has 1 fully saturated rings. The molecule has 0 heterocycles. The van der Waals surface area contributed by atoms with Gasteiger partial charge in [0.25, 0.3) is 0 Å². The van der Waals surface area contributed by atoms with Crippen LogP contribution in [0.1, 0.15) is 37.7 Å². The van der Waals surface area contributed by atoms with E-state index < -0.39 is 11.4 Å². The van der Waals surface area contributed by atoms with Gasteiger partial charge in [0.05, 0.1) is 19.6 Å². The minimum Gasteiger partial charge on any atom is -0.495 e. The van der Waals surface area contributed by atoms with Gasteiger partial charge in [-0.2, -0.15) is 0 Å². The number of ether oxygens (including phenoxy) is 2. The maximum atomic E-state index is 11.9. The van der Waals surface area contributed by atoms with Crippen LogP contribution in [-0.2, 0) is 10.2 Å². The first-order chi connectivity index (χ1) is 9.56. The fraction of sp³-hybridized carbons (Fsp3) is 0.533. The molecule has 1 saturated carbocycles. The lowest BCUT2D eigenvalue weighted by atomic mass is 9.69. The number of rotatable bonds is 4. The summed E-state index contributed by atoms with van der Waals surface area (Å²) in [5.41, 5.74) is -0.252. The lowest BCUT2D eigenvalue weighted by Crippen LogP contribution is -2.38. The van der Waals surface area contributed by atoms with Crippen LogP contribution in [0.5, 0.6) is 11.5 Å². The second kappa shape index (κ2) is 5.92. The zero-order valence-corrected chi connectivity index (χ0v) is 12.5. The van der Waals surface area contributed by atoms with E-state index in [1.807, 2.05) is 0 Å². The minimum absolute atomic E-state index is 0.332. The monoisotopic (exact) mass is 298 g/mol. The van der Waals surface area contributed by atoms with Gasteiger partial charge in [-0.25, -0.2) is 0 Å². The molecule has 0 bridgehead atoms. The van der Waals surface area contributed by atoms with Gasteiger partial charge in [0.15, 0.2) is 0 Å². The van der Waals surface area contributed by atoms with Crippen LogP contribution in [0, 0.1) is 0 Å². The van der Waals surface area contributed by atoms with E-state index in [0.717, 1.165) is 19.3 Å². The van der Waals surface area contributed by atoms with Crippen LogP contribution in [0.3, 0.4) is 0 Å². The van der Waals surface area contributed by atoms with E-state index in [2.05, 4.69) is 0 Å². The molecule has 0 saturated heterocycles. The van der Waals surface area contributed by atoms with Crippen LogP contribution in [0.2, 0.25) is 5.02 Å². The maximum Gasteiger partial charge on any atom is 0.314 e. The molecule has 1 aromatic rings. The highest BCUT2D eigenvalue weighted by Crippen LogP contribution is 2.48. The molecule has 0 aliphatic heterocycles. The van der Waals surface area contributed by atoms with Crippen molar-refractivity contribution in [1.82, 2.24) is 0 Å². The van der Waals surface area contributed by atoms with Crippen molar-refractivity contribution in [2.45, 2.75) is 37.5 Å². The Labute approximate surface area is 123 Å². The van der Waals surface area contributed by atoms with E-state index in [1.54, 1.807) is 12.1 Å².